The Labute approximate surface area is 224 Å². The van der Waals surface area contributed by atoms with Gasteiger partial charge < -0.3 is 25.0 Å². The zero-order valence-corrected chi connectivity index (χ0v) is 22.8. The standard InChI is InChI=1S/C30H37N3O5/c1-29(2,3)32-26(35)20-8-6-18(7-9-20)15-33-23-13-12-21(31-25(34)19-10-11-19)14-22(23)24(27(33)36)28-37-16-30(4,5)17-38-28/h6-9,12-14,19,24,28H,10-11,15-17H2,1-5H3,(H,31,34)(H,32,35). The second kappa shape index (κ2) is 9.82. The zero-order chi connectivity index (χ0) is 27.2. The van der Waals surface area contributed by atoms with Crippen LogP contribution in [-0.4, -0.2) is 42.8 Å². The minimum absolute atomic E-state index is 0.0187. The Hall–Kier alpha value is -3.23. The van der Waals surface area contributed by atoms with Gasteiger partial charge in [-0.15, -0.1) is 0 Å². The molecule has 38 heavy (non-hydrogen) atoms. The van der Waals surface area contributed by atoms with Crippen molar-refractivity contribution < 1.29 is 23.9 Å². The van der Waals surface area contributed by atoms with Crippen molar-refractivity contribution in [3.8, 4) is 0 Å². The maximum Gasteiger partial charge on any atom is 0.251 e. The van der Waals surface area contributed by atoms with Crippen molar-refractivity contribution in [2.75, 3.05) is 23.4 Å². The third-order valence-electron chi connectivity index (χ3n) is 7.00. The topological polar surface area (TPSA) is 97.0 Å². The van der Waals surface area contributed by atoms with Crippen molar-refractivity contribution >= 4 is 29.1 Å². The van der Waals surface area contributed by atoms with Gasteiger partial charge in [0.05, 0.1) is 19.8 Å². The van der Waals surface area contributed by atoms with Crippen molar-refractivity contribution in [2.24, 2.45) is 11.3 Å². The summed E-state index contributed by atoms with van der Waals surface area (Å²) in [6, 6.07) is 12.9. The second-order valence-electron chi connectivity index (χ2n) is 12.5. The Morgan fingerprint density at radius 1 is 1.03 bits per heavy atom. The van der Waals surface area contributed by atoms with Crippen LogP contribution in [0.25, 0.3) is 0 Å². The lowest BCUT2D eigenvalue weighted by molar-refractivity contribution is -0.229. The van der Waals surface area contributed by atoms with Crippen LogP contribution in [0.4, 0.5) is 11.4 Å². The van der Waals surface area contributed by atoms with E-state index in [9.17, 15) is 14.4 Å². The average molecular weight is 520 g/mol. The van der Waals surface area contributed by atoms with Crippen LogP contribution in [-0.2, 0) is 25.6 Å². The third-order valence-corrected chi connectivity index (χ3v) is 7.00. The Morgan fingerprint density at radius 3 is 2.29 bits per heavy atom. The molecule has 3 amide bonds. The second-order valence-corrected chi connectivity index (χ2v) is 12.5. The number of nitrogens with one attached hydrogen (secondary N) is 2. The summed E-state index contributed by atoms with van der Waals surface area (Å²) in [6.45, 7) is 11.3. The predicted molar refractivity (Wildman–Crippen MR) is 145 cm³/mol. The molecule has 8 heteroatoms. The number of hydrogen-bond donors (Lipinski definition) is 2. The van der Waals surface area contributed by atoms with Crippen molar-refractivity contribution in [2.45, 2.75) is 71.8 Å². The number of carbonyl (C=O) groups is 3. The lowest BCUT2D eigenvalue weighted by atomic mass is 9.93. The molecule has 0 bridgehead atoms. The number of anilines is 2. The summed E-state index contributed by atoms with van der Waals surface area (Å²) in [5.41, 5.74) is 3.25. The van der Waals surface area contributed by atoms with E-state index >= 15 is 0 Å². The van der Waals surface area contributed by atoms with E-state index in [1.807, 2.05) is 51.1 Å². The summed E-state index contributed by atoms with van der Waals surface area (Å²) in [5, 5.41) is 5.96. The number of rotatable bonds is 6. The maximum atomic E-state index is 13.8. The molecule has 0 aromatic heterocycles. The van der Waals surface area contributed by atoms with Crippen LogP contribution in [0.3, 0.4) is 0 Å². The molecule has 2 heterocycles. The van der Waals surface area contributed by atoms with Gasteiger partial charge in [0.1, 0.15) is 5.92 Å². The molecule has 3 aliphatic rings. The number of hydrogen-bond acceptors (Lipinski definition) is 5. The van der Waals surface area contributed by atoms with E-state index in [4.69, 9.17) is 9.47 Å². The van der Waals surface area contributed by atoms with Gasteiger partial charge in [-0.05, 0) is 75.1 Å². The number of nitrogens with zero attached hydrogens (tertiary/aromatic N) is 1. The van der Waals surface area contributed by atoms with Crippen LogP contribution in [0.15, 0.2) is 42.5 Å². The molecule has 1 saturated heterocycles. The molecular formula is C30H37N3O5. The highest BCUT2D eigenvalue weighted by Gasteiger charge is 2.46. The number of carbonyl (C=O) groups excluding carboxylic acids is 3. The lowest BCUT2D eigenvalue weighted by Gasteiger charge is -2.36. The van der Waals surface area contributed by atoms with Gasteiger partial charge in [-0.25, -0.2) is 0 Å². The molecule has 5 rings (SSSR count). The highest BCUT2D eigenvalue weighted by molar-refractivity contribution is 6.06. The molecule has 8 nitrogen and oxygen atoms in total. The molecule has 0 radical (unpaired) electrons. The van der Waals surface area contributed by atoms with Gasteiger partial charge in [0.25, 0.3) is 5.91 Å². The molecule has 2 aromatic carbocycles. The summed E-state index contributed by atoms with van der Waals surface area (Å²) >= 11 is 0. The maximum absolute atomic E-state index is 13.8. The molecule has 2 aromatic rings. The summed E-state index contributed by atoms with van der Waals surface area (Å²) < 4.78 is 12.1. The quantitative estimate of drug-likeness (QED) is 0.582. The van der Waals surface area contributed by atoms with Crippen LogP contribution < -0.4 is 15.5 Å². The van der Waals surface area contributed by atoms with Gasteiger partial charge >= 0.3 is 0 Å². The fourth-order valence-electron chi connectivity index (χ4n) is 4.82. The fraction of sp³-hybridized carbons (Fsp3) is 0.500. The van der Waals surface area contributed by atoms with Gasteiger partial charge in [0, 0.05) is 33.8 Å². The molecule has 2 fully saturated rings. The minimum atomic E-state index is -0.697. The van der Waals surface area contributed by atoms with E-state index in [1.165, 1.54) is 0 Å². The first-order chi connectivity index (χ1) is 17.9. The van der Waals surface area contributed by atoms with Gasteiger partial charge in [-0.1, -0.05) is 26.0 Å². The molecule has 1 saturated carbocycles. The SMILES string of the molecule is CC1(C)COC(C2C(=O)N(Cc3ccc(C(=O)NC(C)(C)C)cc3)c3ccc(NC(=O)C4CC4)cc32)OC1. The van der Waals surface area contributed by atoms with Crippen LogP contribution in [0.1, 0.15) is 74.9 Å². The van der Waals surface area contributed by atoms with Crippen molar-refractivity contribution in [3.63, 3.8) is 0 Å². The van der Waals surface area contributed by atoms with Crippen molar-refractivity contribution in [1.82, 2.24) is 5.32 Å². The summed E-state index contributed by atoms with van der Waals surface area (Å²) in [5.74, 6) is -0.772. The summed E-state index contributed by atoms with van der Waals surface area (Å²) in [7, 11) is 0. The van der Waals surface area contributed by atoms with E-state index in [0.29, 0.717) is 31.0 Å². The van der Waals surface area contributed by atoms with Gasteiger partial charge in [0.2, 0.25) is 11.8 Å². The number of amides is 3. The minimum Gasteiger partial charge on any atom is -0.351 e. The Kier molecular flexibility index (Phi) is 6.82. The van der Waals surface area contributed by atoms with E-state index in [-0.39, 0.29) is 34.6 Å². The third kappa shape index (κ3) is 5.76. The predicted octanol–water partition coefficient (Wildman–Crippen LogP) is 4.59. The Morgan fingerprint density at radius 2 is 1.68 bits per heavy atom. The summed E-state index contributed by atoms with van der Waals surface area (Å²) in [4.78, 5) is 40.5. The molecule has 1 unspecified atom stereocenters. The Bertz CT molecular complexity index is 1230. The first-order valence-electron chi connectivity index (χ1n) is 13.3. The number of fused-ring (bicyclic) bond motifs is 1. The number of ether oxygens (including phenoxy) is 2. The van der Waals surface area contributed by atoms with E-state index in [2.05, 4.69) is 24.5 Å². The van der Waals surface area contributed by atoms with E-state index in [1.54, 1.807) is 17.0 Å². The molecule has 202 valence electrons. The lowest BCUT2D eigenvalue weighted by Crippen LogP contribution is -2.43. The van der Waals surface area contributed by atoms with Gasteiger partial charge in [-0.3, -0.25) is 14.4 Å². The van der Waals surface area contributed by atoms with Crippen LogP contribution >= 0.6 is 0 Å². The highest BCUT2D eigenvalue weighted by atomic mass is 16.7. The molecule has 2 aliphatic heterocycles. The van der Waals surface area contributed by atoms with Gasteiger partial charge in [-0.2, -0.15) is 0 Å². The van der Waals surface area contributed by atoms with E-state index in [0.717, 1.165) is 29.7 Å². The smallest absolute Gasteiger partial charge is 0.251 e. The van der Waals surface area contributed by atoms with Crippen LogP contribution in [0, 0.1) is 11.3 Å². The van der Waals surface area contributed by atoms with Crippen LogP contribution in [0.2, 0.25) is 0 Å². The first kappa shape index (κ1) is 26.4. The highest BCUT2D eigenvalue weighted by Crippen LogP contribution is 2.44. The number of benzene rings is 2. The van der Waals surface area contributed by atoms with Gasteiger partial charge in [0.15, 0.2) is 6.29 Å². The molecule has 1 atom stereocenters. The summed E-state index contributed by atoms with van der Waals surface area (Å²) in [6.07, 6.45) is 1.14. The molecule has 2 N–H and O–H groups in total. The fourth-order valence-corrected chi connectivity index (χ4v) is 4.82. The first-order valence-corrected chi connectivity index (χ1v) is 13.3. The van der Waals surface area contributed by atoms with Crippen LogP contribution in [0.5, 0.6) is 0 Å². The monoisotopic (exact) mass is 519 g/mol. The normalized spacial score (nSPS) is 21.2. The van der Waals surface area contributed by atoms with Crippen molar-refractivity contribution in [1.29, 1.82) is 0 Å². The molecular weight excluding hydrogens is 482 g/mol. The van der Waals surface area contributed by atoms with Crippen molar-refractivity contribution in [3.05, 3.63) is 59.2 Å². The zero-order valence-electron chi connectivity index (χ0n) is 22.8. The largest absolute Gasteiger partial charge is 0.351 e. The average Bonchev–Trinajstić information content (AvgIpc) is 3.66. The van der Waals surface area contributed by atoms with E-state index < -0.39 is 12.2 Å². The molecule has 0 spiro atoms. The molecule has 1 aliphatic carbocycles. The Balaban J connectivity index is 1.39.